The number of hydrogen-bond acceptors (Lipinski definition) is 3. The number of allylic oxidation sites excluding steroid dienone is 4. The van der Waals surface area contributed by atoms with E-state index in [1.54, 1.807) is 0 Å². The normalized spacial score (nSPS) is 11.5. The van der Waals surface area contributed by atoms with Gasteiger partial charge in [-0.3, -0.25) is 9.59 Å². The van der Waals surface area contributed by atoms with Gasteiger partial charge in [0, 0.05) is 39.0 Å². The number of nitrogens with one attached hydrogen (secondary N) is 3. The zero-order valence-corrected chi connectivity index (χ0v) is 24.6. The molecule has 0 rings (SSSR count). The van der Waals surface area contributed by atoms with Crippen molar-refractivity contribution in [2.75, 3.05) is 26.2 Å². The van der Waals surface area contributed by atoms with Gasteiger partial charge in [0.15, 0.2) is 0 Å². The Balaban J connectivity index is 3.31. The van der Waals surface area contributed by atoms with Gasteiger partial charge in [0.05, 0.1) is 0 Å². The second-order valence-corrected chi connectivity index (χ2v) is 10.3. The van der Waals surface area contributed by atoms with Crippen LogP contribution in [0.1, 0.15) is 142 Å². The molecule has 5 nitrogen and oxygen atoms in total. The molecule has 0 radical (unpaired) electrons. The summed E-state index contributed by atoms with van der Waals surface area (Å²) in [5, 5.41) is 9.24. The van der Waals surface area contributed by atoms with Crippen LogP contribution in [0.15, 0.2) is 24.3 Å². The summed E-state index contributed by atoms with van der Waals surface area (Å²) in [5.41, 5.74) is 0. The lowest BCUT2D eigenvalue weighted by Crippen LogP contribution is -2.36. The Morgan fingerprint density at radius 2 is 0.811 bits per heavy atom. The van der Waals surface area contributed by atoms with Gasteiger partial charge in [0.1, 0.15) is 0 Å². The maximum Gasteiger partial charge on any atom is 0.220 e. The molecule has 0 heterocycles. The average Bonchev–Trinajstić information content (AvgIpc) is 2.89. The molecule has 0 spiro atoms. The summed E-state index contributed by atoms with van der Waals surface area (Å²) in [6.07, 6.45) is 32.2. The van der Waals surface area contributed by atoms with E-state index in [0.29, 0.717) is 25.9 Å². The predicted molar refractivity (Wildman–Crippen MR) is 161 cm³/mol. The quantitative estimate of drug-likeness (QED) is 0.0730. The van der Waals surface area contributed by atoms with Crippen molar-refractivity contribution in [2.45, 2.75) is 142 Å². The highest BCUT2D eigenvalue weighted by Gasteiger charge is 2.02. The zero-order valence-electron chi connectivity index (χ0n) is 24.6. The number of unbranched alkanes of at least 4 members (excludes halogenated alkanes) is 14. The van der Waals surface area contributed by atoms with E-state index in [1.165, 1.54) is 89.9 Å². The Morgan fingerprint density at radius 1 is 0.459 bits per heavy atom. The van der Waals surface area contributed by atoms with E-state index in [0.717, 1.165) is 38.8 Å². The first-order valence-electron chi connectivity index (χ1n) is 15.7. The van der Waals surface area contributed by atoms with Crippen molar-refractivity contribution in [3.8, 4) is 0 Å². The summed E-state index contributed by atoms with van der Waals surface area (Å²) in [7, 11) is 0. The molecular weight excluding hydrogens is 458 g/mol. The van der Waals surface area contributed by atoms with Crippen molar-refractivity contribution in [2.24, 2.45) is 0 Å². The smallest absolute Gasteiger partial charge is 0.220 e. The molecule has 5 heteroatoms. The Morgan fingerprint density at radius 3 is 1.22 bits per heavy atom. The van der Waals surface area contributed by atoms with Gasteiger partial charge in [0.25, 0.3) is 0 Å². The topological polar surface area (TPSA) is 70.2 Å². The van der Waals surface area contributed by atoms with Crippen LogP contribution < -0.4 is 16.0 Å². The standard InChI is InChI=1S/C32H61N3O2/c1-3-5-7-9-11-13-15-17-19-21-23-25-31(36)34-29-27-33-28-30-35-32(37)26-24-22-20-18-16-14-12-10-8-6-4-2/h9-12,33H,3-8,13-30H2,1-2H3,(H,34,36)(H,35,37). The van der Waals surface area contributed by atoms with E-state index in [4.69, 9.17) is 0 Å². The number of hydrogen-bond donors (Lipinski definition) is 3. The highest BCUT2D eigenvalue weighted by Crippen LogP contribution is 2.09. The van der Waals surface area contributed by atoms with Crippen LogP contribution in [0, 0.1) is 0 Å². The lowest BCUT2D eigenvalue weighted by atomic mass is 10.1. The van der Waals surface area contributed by atoms with Crippen molar-refractivity contribution >= 4 is 11.8 Å². The molecule has 0 saturated carbocycles. The first-order valence-corrected chi connectivity index (χ1v) is 15.7. The van der Waals surface area contributed by atoms with Crippen molar-refractivity contribution in [1.82, 2.24) is 16.0 Å². The van der Waals surface area contributed by atoms with Gasteiger partial charge < -0.3 is 16.0 Å². The van der Waals surface area contributed by atoms with Crippen LogP contribution >= 0.6 is 0 Å². The van der Waals surface area contributed by atoms with Crippen LogP contribution in [0.3, 0.4) is 0 Å². The van der Waals surface area contributed by atoms with Gasteiger partial charge in [-0.2, -0.15) is 0 Å². The molecule has 0 fully saturated rings. The molecule has 0 aromatic heterocycles. The van der Waals surface area contributed by atoms with Gasteiger partial charge >= 0.3 is 0 Å². The van der Waals surface area contributed by atoms with Crippen molar-refractivity contribution in [3.05, 3.63) is 24.3 Å². The van der Waals surface area contributed by atoms with Crippen molar-refractivity contribution in [3.63, 3.8) is 0 Å². The second kappa shape index (κ2) is 30.6. The summed E-state index contributed by atoms with van der Waals surface area (Å²) < 4.78 is 0. The lowest BCUT2D eigenvalue weighted by molar-refractivity contribution is -0.121. The first kappa shape index (κ1) is 35.4. The van der Waals surface area contributed by atoms with E-state index in [-0.39, 0.29) is 11.8 Å². The van der Waals surface area contributed by atoms with E-state index in [2.05, 4.69) is 54.1 Å². The van der Waals surface area contributed by atoms with Crippen LogP contribution in [0.2, 0.25) is 0 Å². The van der Waals surface area contributed by atoms with Crippen LogP contribution in [0.25, 0.3) is 0 Å². The highest BCUT2D eigenvalue weighted by atomic mass is 16.2. The van der Waals surface area contributed by atoms with E-state index in [9.17, 15) is 9.59 Å². The third-order valence-corrected chi connectivity index (χ3v) is 6.58. The van der Waals surface area contributed by atoms with E-state index >= 15 is 0 Å². The number of carbonyl (C=O) groups is 2. The minimum Gasteiger partial charge on any atom is -0.355 e. The third kappa shape index (κ3) is 30.5. The number of rotatable bonds is 28. The molecule has 3 N–H and O–H groups in total. The fourth-order valence-corrected chi connectivity index (χ4v) is 4.15. The highest BCUT2D eigenvalue weighted by molar-refractivity contribution is 5.76. The molecule has 0 aliphatic carbocycles. The van der Waals surface area contributed by atoms with Crippen molar-refractivity contribution in [1.29, 1.82) is 0 Å². The first-order chi connectivity index (χ1) is 18.2. The van der Waals surface area contributed by atoms with Crippen LogP contribution in [0.5, 0.6) is 0 Å². The van der Waals surface area contributed by atoms with E-state index in [1.807, 2.05) is 0 Å². The fourth-order valence-electron chi connectivity index (χ4n) is 4.15. The molecule has 216 valence electrons. The van der Waals surface area contributed by atoms with Crippen LogP contribution in [-0.4, -0.2) is 38.0 Å². The van der Waals surface area contributed by atoms with Crippen LogP contribution in [-0.2, 0) is 9.59 Å². The molecule has 0 unspecified atom stereocenters. The summed E-state index contributed by atoms with van der Waals surface area (Å²) in [6, 6.07) is 0. The van der Waals surface area contributed by atoms with Gasteiger partial charge in [-0.1, -0.05) is 102 Å². The minimum atomic E-state index is 0.150. The van der Waals surface area contributed by atoms with Gasteiger partial charge in [-0.25, -0.2) is 0 Å². The molecule has 0 aliphatic heterocycles. The van der Waals surface area contributed by atoms with Gasteiger partial charge in [-0.15, -0.1) is 0 Å². The lowest BCUT2D eigenvalue weighted by Gasteiger charge is -2.08. The molecule has 0 aromatic rings. The summed E-state index contributed by atoms with van der Waals surface area (Å²) in [4.78, 5) is 23.8. The van der Waals surface area contributed by atoms with Crippen LogP contribution in [0.4, 0.5) is 0 Å². The molecule has 37 heavy (non-hydrogen) atoms. The molecule has 0 saturated heterocycles. The van der Waals surface area contributed by atoms with Crippen molar-refractivity contribution < 1.29 is 9.59 Å². The zero-order chi connectivity index (χ0) is 27.1. The molecule has 0 aromatic carbocycles. The SMILES string of the molecule is CCCCC=CCCCCCCCC(=O)NCCNCCNC(=O)CCCCCCCC=CCCCC. The third-order valence-electron chi connectivity index (χ3n) is 6.58. The molecular formula is C32H61N3O2. The largest absolute Gasteiger partial charge is 0.355 e. The summed E-state index contributed by atoms with van der Waals surface area (Å²) in [5.74, 6) is 0.301. The fraction of sp³-hybridized carbons (Fsp3) is 0.812. The monoisotopic (exact) mass is 519 g/mol. The number of carbonyl (C=O) groups excluding carboxylic acids is 2. The molecule has 2 amide bonds. The number of amides is 2. The maximum atomic E-state index is 11.9. The van der Waals surface area contributed by atoms with E-state index < -0.39 is 0 Å². The second-order valence-electron chi connectivity index (χ2n) is 10.3. The molecule has 0 atom stereocenters. The Hall–Kier alpha value is -1.62. The van der Waals surface area contributed by atoms with Gasteiger partial charge in [-0.05, 0) is 51.4 Å². The Labute approximate surface area is 230 Å². The maximum absolute atomic E-state index is 11.9. The minimum absolute atomic E-state index is 0.150. The molecule has 0 aliphatic rings. The Bertz CT molecular complexity index is 512. The van der Waals surface area contributed by atoms with Gasteiger partial charge in [0.2, 0.25) is 11.8 Å². The predicted octanol–water partition coefficient (Wildman–Crippen LogP) is 7.76. The average molecular weight is 520 g/mol. The summed E-state index contributed by atoms with van der Waals surface area (Å²) in [6.45, 7) is 7.22. The summed E-state index contributed by atoms with van der Waals surface area (Å²) >= 11 is 0. The Kier molecular flexibility index (Phi) is 29.3. The molecule has 0 bridgehead atoms.